The number of amides is 1. The van der Waals surface area contributed by atoms with Crippen LogP contribution in [0, 0.1) is 11.8 Å². The van der Waals surface area contributed by atoms with Crippen molar-refractivity contribution in [3.8, 4) is 0 Å². The van der Waals surface area contributed by atoms with Crippen molar-refractivity contribution in [1.29, 1.82) is 0 Å². The fourth-order valence-electron chi connectivity index (χ4n) is 2.71. The third kappa shape index (κ3) is 5.53. The average Bonchev–Trinajstić information content (AvgIpc) is 2.53. The lowest BCUT2D eigenvalue weighted by atomic mass is 9.88. The first-order chi connectivity index (χ1) is 8.13. The maximum Gasteiger partial charge on any atom is 0.224 e. The Balaban J connectivity index is 2.41. The van der Waals surface area contributed by atoms with Gasteiger partial charge in [0.1, 0.15) is 0 Å². The Morgan fingerprint density at radius 2 is 1.82 bits per heavy atom. The van der Waals surface area contributed by atoms with Crippen molar-refractivity contribution >= 4 is 5.91 Å². The molecule has 0 radical (unpaired) electrons. The van der Waals surface area contributed by atoms with E-state index < -0.39 is 0 Å². The summed E-state index contributed by atoms with van der Waals surface area (Å²) in [6.45, 7) is 4.48. The van der Waals surface area contributed by atoms with Crippen LogP contribution in [0.4, 0.5) is 0 Å². The zero-order chi connectivity index (χ0) is 12.7. The van der Waals surface area contributed by atoms with E-state index in [1.807, 2.05) is 13.8 Å². The van der Waals surface area contributed by atoms with Crippen LogP contribution in [0.5, 0.6) is 0 Å². The Kier molecular flexibility index (Phi) is 6.56. The lowest BCUT2D eigenvalue weighted by Gasteiger charge is -2.22. The largest absolute Gasteiger partial charge is 0.354 e. The fourth-order valence-corrected chi connectivity index (χ4v) is 2.71. The van der Waals surface area contributed by atoms with Crippen molar-refractivity contribution in [2.75, 3.05) is 6.54 Å². The zero-order valence-electron chi connectivity index (χ0n) is 11.4. The smallest absolute Gasteiger partial charge is 0.224 e. The maximum absolute atomic E-state index is 12.0. The molecule has 1 atom stereocenters. The van der Waals surface area contributed by atoms with E-state index >= 15 is 0 Å². The van der Waals surface area contributed by atoms with Gasteiger partial charge in [-0.1, -0.05) is 38.5 Å². The third-order valence-electron chi connectivity index (χ3n) is 3.68. The van der Waals surface area contributed by atoms with Crippen LogP contribution in [0.25, 0.3) is 0 Å². The molecule has 0 saturated heterocycles. The van der Waals surface area contributed by atoms with E-state index in [1.54, 1.807) is 0 Å². The number of nitrogens with two attached hydrogens (primary N) is 1. The molecule has 17 heavy (non-hydrogen) atoms. The minimum atomic E-state index is 0.0144. The van der Waals surface area contributed by atoms with E-state index in [2.05, 4.69) is 5.32 Å². The topological polar surface area (TPSA) is 55.1 Å². The number of carbonyl (C=O) groups excluding carboxylic acids is 1. The van der Waals surface area contributed by atoms with Gasteiger partial charge in [0.15, 0.2) is 0 Å². The van der Waals surface area contributed by atoms with Gasteiger partial charge in [0.25, 0.3) is 0 Å². The molecule has 3 nitrogen and oxygen atoms in total. The number of nitrogens with one attached hydrogen (secondary N) is 1. The number of carbonyl (C=O) groups is 1. The number of hydrogen-bond donors (Lipinski definition) is 2. The molecule has 0 bridgehead atoms. The van der Waals surface area contributed by atoms with Crippen molar-refractivity contribution in [3.05, 3.63) is 0 Å². The van der Waals surface area contributed by atoms with E-state index in [1.165, 1.54) is 38.5 Å². The minimum Gasteiger partial charge on any atom is -0.354 e. The van der Waals surface area contributed by atoms with E-state index in [4.69, 9.17) is 5.73 Å². The zero-order valence-corrected chi connectivity index (χ0v) is 11.4. The molecule has 1 saturated carbocycles. The number of hydrogen-bond acceptors (Lipinski definition) is 2. The van der Waals surface area contributed by atoms with Gasteiger partial charge in [-0.25, -0.2) is 0 Å². The predicted octanol–water partition coefficient (Wildman–Crippen LogP) is 2.45. The van der Waals surface area contributed by atoms with E-state index in [9.17, 15) is 4.79 Å². The van der Waals surface area contributed by atoms with E-state index in [-0.39, 0.29) is 17.9 Å². The molecule has 0 aromatic carbocycles. The molecular weight excluding hydrogens is 212 g/mol. The summed E-state index contributed by atoms with van der Waals surface area (Å²) >= 11 is 0. The Hall–Kier alpha value is -0.570. The van der Waals surface area contributed by atoms with Crippen LogP contribution in [0.3, 0.4) is 0 Å². The molecule has 1 rings (SSSR count). The maximum atomic E-state index is 12.0. The highest BCUT2D eigenvalue weighted by Crippen LogP contribution is 2.28. The third-order valence-corrected chi connectivity index (χ3v) is 3.68. The van der Waals surface area contributed by atoms with Gasteiger partial charge in [-0.2, -0.15) is 0 Å². The lowest BCUT2D eigenvalue weighted by molar-refractivity contribution is -0.125. The molecule has 3 N–H and O–H groups in total. The summed E-state index contributed by atoms with van der Waals surface area (Å²) in [4.78, 5) is 12.0. The Morgan fingerprint density at radius 3 is 2.29 bits per heavy atom. The quantitative estimate of drug-likeness (QED) is 0.725. The van der Waals surface area contributed by atoms with Gasteiger partial charge in [0.2, 0.25) is 5.91 Å². The molecule has 1 unspecified atom stereocenters. The second kappa shape index (κ2) is 7.70. The summed E-state index contributed by atoms with van der Waals surface area (Å²) in [5.41, 5.74) is 5.74. The first kappa shape index (κ1) is 14.5. The molecule has 0 aliphatic heterocycles. The molecule has 0 spiro atoms. The summed E-state index contributed by atoms with van der Waals surface area (Å²) in [5, 5.41) is 2.98. The average molecular weight is 240 g/mol. The first-order valence-electron chi connectivity index (χ1n) is 7.14. The molecular formula is C14H28N2O. The van der Waals surface area contributed by atoms with E-state index in [0.29, 0.717) is 12.5 Å². The van der Waals surface area contributed by atoms with Crippen LogP contribution in [0.15, 0.2) is 0 Å². The normalized spacial score (nSPS) is 20.0. The van der Waals surface area contributed by atoms with Crippen molar-refractivity contribution in [3.63, 3.8) is 0 Å². The van der Waals surface area contributed by atoms with Crippen LogP contribution >= 0.6 is 0 Å². The van der Waals surface area contributed by atoms with Crippen LogP contribution in [-0.2, 0) is 4.79 Å². The Bertz CT molecular complexity index is 220. The van der Waals surface area contributed by atoms with Gasteiger partial charge >= 0.3 is 0 Å². The summed E-state index contributed by atoms with van der Waals surface area (Å²) in [6.07, 6.45) is 8.93. The molecule has 100 valence electrons. The standard InChI is InChI=1S/C14H28N2O/c1-11(2)16-14(17)13(10-15)9-12-7-5-3-4-6-8-12/h11-13H,3-10,15H2,1-2H3,(H,16,17). The first-order valence-corrected chi connectivity index (χ1v) is 7.14. The lowest BCUT2D eigenvalue weighted by Crippen LogP contribution is -2.39. The Morgan fingerprint density at radius 1 is 1.24 bits per heavy atom. The van der Waals surface area contributed by atoms with Crippen molar-refractivity contribution < 1.29 is 4.79 Å². The highest BCUT2D eigenvalue weighted by molar-refractivity contribution is 5.79. The summed E-state index contributed by atoms with van der Waals surface area (Å²) in [6, 6.07) is 0.214. The van der Waals surface area contributed by atoms with Crippen molar-refractivity contribution in [2.24, 2.45) is 17.6 Å². The van der Waals surface area contributed by atoms with Gasteiger partial charge in [0.05, 0.1) is 5.92 Å². The van der Waals surface area contributed by atoms with Gasteiger partial charge in [-0.05, 0) is 26.2 Å². The predicted molar refractivity (Wildman–Crippen MR) is 71.6 cm³/mol. The molecule has 1 amide bonds. The minimum absolute atomic E-state index is 0.0144. The summed E-state index contributed by atoms with van der Waals surface area (Å²) in [7, 11) is 0. The van der Waals surface area contributed by atoms with Gasteiger partial charge in [0, 0.05) is 12.6 Å². The van der Waals surface area contributed by atoms with Crippen LogP contribution in [0.2, 0.25) is 0 Å². The van der Waals surface area contributed by atoms with Gasteiger partial charge in [-0.15, -0.1) is 0 Å². The molecule has 0 heterocycles. The molecule has 1 fully saturated rings. The molecule has 1 aliphatic rings. The number of rotatable bonds is 5. The fraction of sp³-hybridized carbons (Fsp3) is 0.929. The summed E-state index contributed by atoms with van der Waals surface area (Å²) < 4.78 is 0. The molecule has 3 heteroatoms. The second-order valence-electron chi connectivity index (χ2n) is 5.69. The van der Waals surface area contributed by atoms with Crippen LogP contribution in [0.1, 0.15) is 58.8 Å². The highest BCUT2D eigenvalue weighted by Gasteiger charge is 2.22. The van der Waals surface area contributed by atoms with Gasteiger partial charge in [-0.3, -0.25) is 4.79 Å². The van der Waals surface area contributed by atoms with Crippen molar-refractivity contribution in [2.45, 2.75) is 64.8 Å². The second-order valence-corrected chi connectivity index (χ2v) is 5.69. The Labute approximate surface area is 106 Å². The molecule has 1 aliphatic carbocycles. The van der Waals surface area contributed by atoms with Gasteiger partial charge < -0.3 is 11.1 Å². The SMILES string of the molecule is CC(C)NC(=O)C(CN)CC1CCCCCC1. The van der Waals surface area contributed by atoms with E-state index in [0.717, 1.165) is 6.42 Å². The van der Waals surface area contributed by atoms with Crippen molar-refractivity contribution in [1.82, 2.24) is 5.32 Å². The molecule has 0 aromatic rings. The van der Waals surface area contributed by atoms with Crippen LogP contribution in [-0.4, -0.2) is 18.5 Å². The monoisotopic (exact) mass is 240 g/mol. The molecule has 0 aromatic heterocycles. The van der Waals surface area contributed by atoms with Crippen LogP contribution < -0.4 is 11.1 Å². The summed E-state index contributed by atoms with van der Waals surface area (Å²) in [5.74, 6) is 0.871. The highest BCUT2D eigenvalue weighted by atomic mass is 16.1.